The first-order valence-electron chi connectivity index (χ1n) is 6.81. The summed E-state index contributed by atoms with van der Waals surface area (Å²) in [6, 6.07) is 20.5. The molecule has 0 saturated carbocycles. The van der Waals surface area contributed by atoms with Crippen molar-refractivity contribution in [2.45, 2.75) is 6.61 Å². The molecular formula is C18H13O4-. The van der Waals surface area contributed by atoms with Gasteiger partial charge in [0.1, 0.15) is 29.8 Å². The zero-order valence-electron chi connectivity index (χ0n) is 11.7. The van der Waals surface area contributed by atoms with Crippen molar-refractivity contribution in [3.05, 3.63) is 78.3 Å². The Kier molecular flexibility index (Phi) is 3.92. The molecule has 0 aliphatic heterocycles. The van der Waals surface area contributed by atoms with Crippen molar-refractivity contribution >= 4 is 5.97 Å². The second kappa shape index (κ2) is 6.18. The third-order valence-electron chi connectivity index (χ3n) is 3.20. The van der Waals surface area contributed by atoms with E-state index in [9.17, 15) is 9.90 Å². The summed E-state index contributed by atoms with van der Waals surface area (Å²) in [5, 5.41) is 10.7. The van der Waals surface area contributed by atoms with E-state index in [0.29, 0.717) is 11.5 Å². The van der Waals surface area contributed by atoms with Crippen molar-refractivity contribution < 1.29 is 19.1 Å². The third kappa shape index (κ3) is 3.01. The number of carbonyl (C=O) groups excluding carboxylic acids is 1. The number of carbonyl (C=O) groups is 1. The minimum atomic E-state index is -1.34. The number of rotatable bonds is 5. The van der Waals surface area contributed by atoms with E-state index in [-0.39, 0.29) is 12.4 Å². The van der Waals surface area contributed by atoms with Crippen LogP contribution in [-0.4, -0.2) is 5.97 Å². The second-order valence-corrected chi connectivity index (χ2v) is 4.70. The molecule has 2 aromatic carbocycles. The molecular weight excluding hydrogens is 280 g/mol. The Balaban J connectivity index is 1.79. The molecule has 1 aromatic heterocycles. The van der Waals surface area contributed by atoms with Crippen molar-refractivity contribution in [2.75, 3.05) is 0 Å². The van der Waals surface area contributed by atoms with E-state index < -0.39 is 5.97 Å². The van der Waals surface area contributed by atoms with Crippen LogP contribution in [0.2, 0.25) is 0 Å². The smallest absolute Gasteiger partial charge is 0.149 e. The average Bonchev–Trinajstić information content (AvgIpc) is 3.03. The van der Waals surface area contributed by atoms with Gasteiger partial charge in [0.2, 0.25) is 0 Å². The summed E-state index contributed by atoms with van der Waals surface area (Å²) in [5.41, 5.74) is 2.02. The van der Waals surface area contributed by atoms with Gasteiger partial charge in [-0.15, -0.1) is 0 Å². The van der Waals surface area contributed by atoms with Gasteiger partial charge in [0.25, 0.3) is 0 Å². The molecule has 0 unspecified atom stereocenters. The fourth-order valence-electron chi connectivity index (χ4n) is 2.16. The molecule has 0 bridgehead atoms. The molecule has 1 heterocycles. The monoisotopic (exact) mass is 293 g/mol. The molecule has 0 aliphatic rings. The first-order valence-corrected chi connectivity index (χ1v) is 6.81. The van der Waals surface area contributed by atoms with Crippen LogP contribution >= 0.6 is 0 Å². The molecule has 4 nitrogen and oxygen atoms in total. The molecule has 0 saturated heterocycles. The van der Waals surface area contributed by atoms with Gasteiger partial charge in [0, 0.05) is 5.56 Å². The Morgan fingerprint density at radius 3 is 2.41 bits per heavy atom. The van der Waals surface area contributed by atoms with Gasteiger partial charge in [0.15, 0.2) is 0 Å². The van der Waals surface area contributed by atoms with E-state index in [1.165, 1.54) is 6.07 Å². The van der Waals surface area contributed by atoms with E-state index in [1.807, 2.05) is 54.6 Å². The number of carboxylic acids is 1. The summed E-state index contributed by atoms with van der Waals surface area (Å²) in [4.78, 5) is 10.7. The van der Waals surface area contributed by atoms with Crippen LogP contribution in [0, 0.1) is 0 Å². The van der Waals surface area contributed by atoms with E-state index in [2.05, 4.69) is 0 Å². The van der Waals surface area contributed by atoms with Crippen LogP contribution in [0.4, 0.5) is 0 Å². The minimum absolute atomic E-state index is 0.150. The van der Waals surface area contributed by atoms with Gasteiger partial charge in [-0.3, -0.25) is 0 Å². The van der Waals surface area contributed by atoms with Crippen molar-refractivity contribution in [2.24, 2.45) is 0 Å². The second-order valence-electron chi connectivity index (χ2n) is 4.70. The highest BCUT2D eigenvalue weighted by atomic mass is 16.5. The van der Waals surface area contributed by atoms with Gasteiger partial charge in [0.05, 0.1) is 0 Å². The number of para-hydroxylation sites is 1. The lowest BCUT2D eigenvalue weighted by Crippen LogP contribution is -2.21. The Morgan fingerprint density at radius 2 is 1.68 bits per heavy atom. The Labute approximate surface area is 127 Å². The molecule has 3 aromatic rings. The normalized spacial score (nSPS) is 10.4. The molecule has 0 spiro atoms. The fourth-order valence-corrected chi connectivity index (χ4v) is 2.16. The topological polar surface area (TPSA) is 62.5 Å². The first kappa shape index (κ1) is 13.9. The van der Waals surface area contributed by atoms with Crippen LogP contribution in [0.15, 0.2) is 71.1 Å². The summed E-state index contributed by atoms with van der Waals surface area (Å²) in [7, 11) is 0. The lowest BCUT2D eigenvalue weighted by molar-refractivity contribution is -0.257. The van der Waals surface area contributed by atoms with Crippen LogP contribution < -0.4 is 9.84 Å². The molecule has 22 heavy (non-hydrogen) atoms. The fraction of sp³-hybridized carbons (Fsp3) is 0.0556. The lowest BCUT2D eigenvalue weighted by atomic mass is 10.1. The Bertz CT molecular complexity index is 775. The van der Waals surface area contributed by atoms with Gasteiger partial charge >= 0.3 is 0 Å². The maximum atomic E-state index is 10.7. The minimum Gasteiger partial charge on any atom is -0.542 e. The molecule has 4 heteroatoms. The third-order valence-corrected chi connectivity index (χ3v) is 3.20. The van der Waals surface area contributed by atoms with Gasteiger partial charge in [-0.05, 0) is 23.8 Å². The molecule has 0 N–H and O–H groups in total. The highest BCUT2D eigenvalue weighted by molar-refractivity contribution is 5.82. The molecule has 0 fully saturated rings. The first-order chi connectivity index (χ1) is 10.7. The van der Waals surface area contributed by atoms with Gasteiger partial charge in [-0.1, -0.05) is 48.5 Å². The average molecular weight is 293 g/mol. The maximum absolute atomic E-state index is 10.7. The Hall–Kier alpha value is -3.01. The van der Waals surface area contributed by atoms with Crippen LogP contribution in [0.1, 0.15) is 16.3 Å². The SMILES string of the molecule is O=C([O-])c1ccc(COc2ccccc2-c2ccccc2)o1. The van der Waals surface area contributed by atoms with Crippen molar-refractivity contribution in [1.29, 1.82) is 0 Å². The predicted molar refractivity (Wildman–Crippen MR) is 79.2 cm³/mol. The van der Waals surface area contributed by atoms with E-state index in [1.54, 1.807) is 6.07 Å². The Morgan fingerprint density at radius 1 is 0.955 bits per heavy atom. The summed E-state index contributed by atoms with van der Waals surface area (Å²) in [6.45, 7) is 0.150. The number of hydrogen-bond donors (Lipinski definition) is 0. The number of hydrogen-bond acceptors (Lipinski definition) is 4. The van der Waals surface area contributed by atoms with Crippen molar-refractivity contribution in [1.82, 2.24) is 0 Å². The van der Waals surface area contributed by atoms with E-state index in [4.69, 9.17) is 9.15 Å². The molecule has 0 radical (unpaired) electrons. The van der Waals surface area contributed by atoms with Crippen LogP contribution in [0.5, 0.6) is 5.75 Å². The zero-order valence-corrected chi connectivity index (χ0v) is 11.7. The number of ether oxygens (including phenoxy) is 1. The number of carboxylic acid groups (broad SMARTS) is 1. The summed E-state index contributed by atoms with van der Waals surface area (Å²) >= 11 is 0. The van der Waals surface area contributed by atoms with Crippen LogP contribution in [0.3, 0.4) is 0 Å². The standard InChI is InChI=1S/C18H14O4/c19-18(20)17-11-10-14(22-17)12-21-16-9-5-4-8-15(16)13-6-2-1-3-7-13/h1-11H,12H2,(H,19,20)/p-1. The summed E-state index contributed by atoms with van der Waals surface area (Å²) in [5.74, 6) is -0.395. The highest BCUT2D eigenvalue weighted by Gasteiger charge is 2.08. The number of furan rings is 1. The molecule has 0 atom stereocenters. The van der Waals surface area contributed by atoms with Gasteiger partial charge in [-0.2, -0.15) is 0 Å². The van der Waals surface area contributed by atoms with Crippen LogP contribution in [0.25, 0.3) is 11.1 Å². The molecule has 3 rings (SSSR count). The van der Waals surface area contributed by atoms with Crippen LogP contribution in [-0.2, 0) is 6.61 Å². The number of aromatic carboxylic acids is 1. The van der Waals surface area contributed by atoms with Crippen molar-refractivity contribution in [3.63, 3.8) is 0 Å². The van der Waals surface area contributed by atoms with E-state index in [0.717, 1.165) is 11.1 Å². The number of benzene rings is 2. The highest BCUT2D eigenvalue weighted by Crippen LogP contribution is 2.30. The van der Waals surface area contributed by atoms with E-state index >= 15 is 0 Å². The molecule has 0 aliphatic carbocycles. The molecule has 0 amide bonds. The largest absolute Gasteiger partial charge is 0.542 e. The van der Waals surface area contributed by atoms with Gasteiger partial charge < -0.3 is 19.1 Å². The maximum Gasteiger partial charge on any atom is 0.149 e. The predicted octanol–water partition coefficient (Wildman–Crippen LogP) is 2.89. The van der Waals surface area contributed by atoms with Crippen molar-refractivity contribution in [3.8, 4) is 16.9 Å². The summed E-state index contributed by atoms with van der Waals surface area (Å²) in [6.07, 6.45) is 0. The molecule has 110 valence electrons. The van der Waals surface area contributed by atoms with Gasteiger partial charge in [-0.25, -0.2) is 0 Å². The zero-order chi connectivity index (χ0) is 15.4. The lowest BCUT2D eigenvalue weighted by Gasteiger charge is -2.10. The quantitative estimate of drug-likeness (QED) is 0.725. The summed E-state index contributed by atoms with van der Waals surface area (Å²) < 4.78 is 10.9.